The molecule has 5 nitrogen and oxygen atoms in total. The molecule has 54 valence electrons. The van der Waals surface area contributed by atoms with Crippen molar-refractivity contribution in [3.63, 3.8) is 0 Å². The van der Waals surface area contributed by atoms with Gasteiger partial charge in [-0.2, -0.15) is 4.98 Å². The predicted molar refractivity (Wildman–Crippen MR) is 34.2 cm³/mol. The van der Waals surface area contributed by atoms with Gasteiger partial charge in [-0.15, -0.1) is 0 Å². The standard InChI is InChI=1S/C4H6FN5/c5-2-1-8-4(10-7)9-3(2)6/h1H,7H2,(H3,6,8,9,10). The third-order valence-electron chi connectivity index (χ3n) is 0.900. The summed E-state index contributed by atoms with van der Waals surface area (Å²) in [7, 11) is 0. The lowest BCUT2D eigenvalue weighted by Crippen LogP contribution is -2.11. The molecule has 0 amide bonds. The number of hydrogen-bond donors (Lipinski definition) is 3. The summed E-state index contributed by atoms with van der Waals surface area (Å²) in [5.41, 5.74) is 7.20. The van der Waals surface area contributed by atoms with Crippen molar-refractivity contribution < 1.29 is 4.39 Å². The summed E-state index contributed by atoms with van der Waals surface area (Å²) in [6, 6.07) is 0. The van der Waals surface area contributed by atoms with E-state index in [0.29, 0.717) is 0 Å². The van der Waals surface area contributed by atoms with Gasteiger partial charge in [0.15, 0.2) is 11.6 Å². The number of hydrazine groups is 1. The molecule has 0 spiro atoms. The van der Waals surface area contributed by atoms with Crippen LogP contribution < -0.4 is 17.0 Å². The van der Waals surface area contributed by atoms with Gasteiger partial charge < -0.3 is 5.73 Å². The van der Waals surface area contributed by atoms with E-state index in [-0.39, 0.29) is 11.8 Å². The molecule has 10 heavy (non-hydrogen) atoms. The topological polar surface area (TPSA) is 89.8 Å². The Balaban J connectivity index is 3.04. The Morgan fingerprint density at radius 3 is 2.80 bits per heavy atom. The lowest BCUT2D eigenvalue weighted by molar-refractivity contribution is 0.620. The molecule has 0 aliphatic carbocycles. The second-order valence-corrected chi connectivity index (χ2v) is 1.57. The molecule has 0 aromatic carbocycles. The zero-order valence-electron chi connectivity index (χ0n) is 5.00. The number of anilines is 2. The van der Waals surface area contributed by atoms with Crippen LogP contribution in [0.3, 0.4) is 0 Å². The van der Waals surface area contributed by atoms with Gasteiger partial charge in [-0.05, 0) is 0 Å². The quantitative estimate of drug-likeness (QED) is 0.363. The predicted octanol–water partition coefficient (Wildman–Crippen LogP) is -0.517. The number of rotatable bonds is 1. The molecule has 0 radical (unpaired) electrons. The van der Waals surface area contributed by atoms with E-state index >= 15 is 0 Å². The number of nitrogens with two attached hydrogens (primary N) is 2. The average molecular weight is 143 g/mol. The van der Waals surface area contributed by atoms with Crippen LogP contribution in [0.4, 0.5) is 16.2 Å². The Hall–Kier alpha value is -1.43. The summed E-state index contributed by atoms with van der Waals surface area (Å²) in [5, 5.41) is 0. The Morgan fingerprint density at radius 1 is 1.60 bits per heavy atom. The Kier molecular flexibility index (Phi) is 1.63. The van der Waals surface area contributed by atoms with Crippen LogP contribution in [0.25, 0.3) is 0 Å². The van der Waals surface area contributed by atoms with Crippen molar-refractivity contribution in [3.05, 3.63) is 12.0 Å². The van der Waals surface area contributed by atoms with Crippen LogP contribution >= 0.6 is 0 Å². The summed E-state index contributed by atoms with van der Waals surface area (Å²) >= 11 is 0. The lowest BCUT2D eigenvalue weighted by atomic mass is 10.6. The molecule has 1 aromatic rings. The van der Waals surface area contributed by atoms with Crippen LogP contribution in [0.15, 0.2) is 6.20 Å². The molecule has 0 saturated heterocycles. The van der Waals surface area contributed by atoms with E-state index in [1.54, 1.807) is 0 Å². The second-order valence-electron chi connectivity index (χ2n) is 1.57. The van der Waals surface area contributed by atoms with Gasteiger partial charge >= 0.3 is 0 Å². The summed E-state index contributed by atoms with van der Waals surface area (Å²) < 4.78 is 12.3. The Labute approximate surface area is 56.2 Å². The highest BCUT2D eigenvalue weighted by Gasteiger charge is 1.99. The summed E-state index contributed by atoms with van der Waals surface area (Å²) in [6.45, 7) is 0. The maximum atomic E-state index is 12.3. The number of nitrogens with one attached hydrogen (secondary N) is 1. The molecule has 0 aliphatic heterocycles. The Morgan fingerprint density at radius 2 is 2.30 bits per heavy atom. The van der Waals surface area contributed by atoms with Crippen molar-refractivity contribution in [2.75, 3.05) is 11.2 Å². The van der Waals surface area contributed by atoms with Crippen molar-refractivity contribution in [1.82, 2.24) is 9.97 Å². The van der Waals surface area contributed by atoms with Gasteiger partial charge in [-0.3, -0.25) is 5.43 Å². The highest BCUT2D eigenvalue weighted by atomic mass is 19.1. The average Bonchev–Trinajstić information content (AvgIpc) is 1.95. The van der Waals surface area contributed by atoms with Gasteiger partial charge in [0.2, 0.25) is 5.95 Å². The molecular formula is C4H6FN5. The minimum absolute atomic E-state index is 0.0962. The molecule has 0 bridgehead atoms. The van der Waals surface area contributed by atoms with Crippen LogP contribution in [0.5, 0.6) is 0 Å². The third kappa shape index (κ3) is 1.11. The highest BCUT2D eigenvalue weighted by molar-refractivity contribution is 5.35. The van der Waals surface area contributed by atoms with E-state index in [9.17, 15) is 4.39 Å². The zero-order chi connectivity index (χ0) is 7.56. The molecule has 0 saturated carbocycles. The van der Waals surface area contributed by atoms with E-state index < -0.39 is 5.82 Å². The molecule has 1 rings (SSSR count). The fraction of sp³-hybridized carbons (Fsp3) is 0. The first-order valence-electron chi connectivity index (χ1n) is 2.48. The van der Waals surface area contributed by atoms with Crippen LogP contribution in [0.2, 0.25) is 0 Å². The molecular weight excluding hydrogens is 137 g/mol. The molecule has 0 fully saturated rings. The highest BCUT2D eigenvalue weighted by Crippen LogP contribution is 2.05. The summed E-state index contributed by atoms with van der Waals surface area (Å²) in [5.74, 6) is 4.14. The fourth-order valence-electron chi connectivity index (χ4n) is 0.450. The molecule has 0 aliphatic rings. The lowest BCUT2D eigenvalue weighted by Gasteiger charge is -1.97. The first-order valence-corrected chi connectivity index (χ1v) is 2.48. The van der Waals surface area contributed by atoms with E-state index in [2.05, 4.69) is 15.4 Å². The normalized spacial score (nSPS) is 9.40. The van der Waals surface area contributed by atoms with Gasteiger partial charge in [0.25, 0.3) is 0 Å². The second kappa shape index (κ2) is 2.44. The first-order chi connectivity index (χ1) is 4.74. The monoisotopic (exact) mass is 143 g/mol. The van der Waals surface area contributed by atoms with Crippen molar-refractivity contribution in [1.29, 1.82) is 0 Å². The number of nitrogen functional groups attached to an aromatic ring is 2. The van der Waals surface area contributed by atoms with E-state index in [4.69, 9.17) is 11.6 Å². The molecule has 1 heterocycles. The van der Waals surface area contributed by atoms with Crippen molar-refractivity contribution in [2.24, 2.45) is 5.84 Å². The number of halogens is 1. The van der Waals surface area contributed by atoms with Crippen LogP contribution in [0.1, 0.15) is 0 Å². The maximum Gasteiger partial charge on any atom is 0.239 e. The smallest absolute Gasteiger partial charge is 0.239 e. The summed E-state index contributed by atoms with van der Waals surface area (Å²) in [4.78, 5) is 6.90. The molecule has 1 aromatic heterocycles. The van der Waals surface area contributed by atoms with E-state index in [0.717, 1.165) is 6.20 Å². The van der Waals surface area contributed by atoms with Crippen LogP contribution in [0, 0.1) is 5.82 Å². The molecule has 6 heteroatoms. The molecule has 0 atom stereocenters. The van der Waals surface area contributed by atoms with Crippen LogP contribution in [-0.2, 0) is 0 Å². The summed E-state index contributed by atoms with van der Waals surface area (Å²) in [6.07, 6.45) is 0.942. The van der Waals surface area contributed by atoms with Gasteiger partial charge in [0, 0.05) is 0 Å². The molecule has 0 unspecified atom stereocenters. The largest absolute Gasteiger partial charge is 0.381 e. The fourth-order valence-corrected chi connectivity index (χ4v) is 0.450. The molecule has 5 N–H and O–H groups in total. The number of hydrogen-bond acceptors (Lipinski definition) is 5. The van der Waals surface area contributed by atoms with E-state index in [1.807, 2.05) is 0 Å². The SMILES string of the molecule is NNc1ncc(F)c(N)n1. The minimum atomic E-state index is -0.654. The number of nitrogens with zero attached hydrogens (tertiary/aromatic N) is 2. The van der Waals surface area contributed by atoms with Gasteiger partial charge in [0.1, 0.15) is 0 Å². The third-order valence-corrected chi connectivity index (χ3v) is 0.900. The first kappa shape index (κ1) is 6.69. The van der Waals surface area contributed by atoms with Crippen molar-refractivity contribution in [3.8, 4) is 0 Å². The van der Waals surface area contributed by atoms with Crippen molar-refractivity contribution in [2.45, 2.75) is 0 Å². The number of aromatic nitrogens is 2. The zero-order valence-corrected chi connectivity index (χ0v) is 5.00. The van der Waals surface area contributed by atoms with Gasteiger partial charge in [0.05, 0.1) is 6.20 Å². The van der Waals surface area contributed by atoms with Crippen LogP contribution in [-0.4, -0.2) is 9.97 Å². The van der Waals surface area contributed by atoms with E-state index in [1.165, 1.54) is 0 Å². The Bertz CT molecular complexity index is 237. The van der Waals surface area contributed by atoms with Gasteiger partial charge in [-0.25, -0.2) is 15.2 Å². The van der Waals surface area contributed by atoms with Crippen molar-refractivity contribution >= 4 is 11.8 Å². The van der Waals surface area contributed by atoms with Gasteiger partial charge in [-0.1, -0.05) is 0 Å². The maximum absolute atomic E-state index is 12.3. The minimum Gasteiger partial charge on any atom is -0.381 e.